The van der Waals surface area contributed by atoms with E-state index in [4.69, 9.17) is 27.9 Å². The summed E-state index contributed by atoms with van der Waals surface area (Å²) in [5, 5.41) is 3.45. The fourth-order valence-corrected chi connectivity index (χ4v) is 2.78. The molecule has 0 atom stereocenters. The lowest BCUT2D eigenvalue weighted by atomic mass is 10.1. The first-order valence-corrected chi connectivity index (χ1v) is 8.09. The third-order valence-corrected chi connectivity index (χ3v) is 3.95. The first-order valence-electron chi connectivity index (χ1n) is 6.11. The molecule has 0 radical (unpaired) electrons. The fourth-order valence-electron chi connectivity index (χ4n) is 1.96. The van der Waals surface area contributed by atoms with Crippen LogP contribution in [0.25, 0.3) is 10.8 Å². The van der Waals surface area contributed by atoms with Gasteiger partial charge in [-0.15, -0.1) is 0 Å². The molecule has 0 saturated heterocycles. The average Bonchev–Trinajstić information content (AvgIpc) is 2.50. The maximum Gasteiger partial charge on any atom is 0.224 e. The Bertz CT molecular complexity index is 811. The highest BCUT2D eigenvalue weighted by molar-refractivity contribution is 7.98. The average molecular weight is 337 g/mol. The quantitative estimate of drug-likeness (QED) is 0.362. The fraction of sp³-hybridized carbons (Fsp3) is 0.0667. The van der Waals surface area contributed by atoms with Crippen molar-refractivity contribution in [3.63, 3.8) is 0 Å². The summed E-state index contributed by atoms with van der Waals surface area (Å²) in [6.45, 7) is 0. The lowest BCUT2D eigenvalue weighted by Crippen LogP contribution is -1.93. The summed E-state index contributed by atoms with van der Waals surface area (Å²) in [6, 6.07) is 13.0. The lowest BCUT2D eigenvalue weighted by Gasteiger charge is -2.10. The van der Waals surface area contributed by atoms with E-state index in [1.807, 2.05) is 36.6 Å². The number of ether oxygens (including phenoxy) is 1. The van der Waals surface area contributed by atoms with Crippen molar-refractivity contribution in [1.29, 1.82) is 0 Å². The third kappa shape index (κ3) is 3.07. The van der Waals surface area contributed by atoms with E-state index >= 15 is 0 Å². The smallest absolute Gasteiger partial charge is 0.224 e. The second-order valence-electron chi connectivity index (χ2n) is 4.21. The lowest BCUT2D eigenvalue weighted by molar-refractivity contribution is 0.460. The Balaban J connectivity index is 2.06. The summed E-state index contributed by atoms with van der Waals surface area (Å²) in [4.78, 5) is 8.38. The van der Waals surface area contributed by atoms with Gasteiger partial charge in [-0.3, -0.25) is 0 Å². The molecule has 0 spiro atoms. The predicted octanol–water partition coefficient (Wildman–Crippen LogP) is 5.45. The van der Waals surface area contributed by atoms with Crippen LogP contribution in [-0.4, -0.2) is 16.2 Å². The molecular weight excluding hydrogens is 327 g/mol. The molecule has 21 heavy (non-hydrogen) atoms. The zero-order chi connectivity index (χ0) is 14.8. The van der Waals surface area contributed by atoms with Gasteiger partial charge in [0.1, 0.15) is 10.9 Å². The predicted molar refractivity (Wildman–Crippen MR) is 87.9 cm³/mol. The second-order valence-corrected chi connectivity index (χ2v) is 5.78. The first kappa shape index (κ1) is 14.4. The molecule has 1 heterocycles. The van der Waals surface area contributed by atoms with Gasteiger partial charge in [0.25, 0.3) is 0 Å². The monoisotopic (exact) mass is 336 g/mol. The maximum atomic E-state index is 6.20. The van der Waals surface area contributed by atoms with Crippen molar-refractivity contribution in [3.05, 3.63) is 52.6 Å². The Morgan fingerprint density at radius 1 is 1.00 bits per heavy atom. The molecule has 3 rings (SSSR count). The number of hydrogen-bond donors (Lipinski definition) is 0. The summed E-state index contributed by atoms with van der Waals surface area (Å²) >= 11 is 13.6. The Labute approximate surface area is 136 Å². The van der Waals surface area contributed by atoms with Crippen LogP contribution in [0.4, 0.5) is 0 Å². The third-order valence-electron chi connectivity index (χ3n) is 2.88. The van der Waals surface area contributed by atoms with Crippen LogP contribution < -0.4 is 4.74 Å². The van der Waals surface area contributed by atoms with E-state index in [0.29, 0.717) is 27.0 Å². The summed E-state index contributed by atoms with van der Waals surface area (Å²) in [5.74, 6) is 1.09. The van der Waals surface area contributed by atoms with E-state index in [9.17, 15) is 0 Å². The Morgan fingerprint density at radius 2 is 1.76 bits per heavy atom. The summed E-state index contributed by atoms with van der Waals surface area (Å²) < 4.78 is 5.86. The Kier molecular flexibility index (Phi) is 4.19. The van der Waals surface area contributed by atoms with Crippen LogP contribution in [0, 0.1) is 0 Å². The van der Waals surface area contributed by atoms with E-state index < -0.39 is 0 Å². The van der Waals surface area contributed by atoms with Crippen molar-refractivity contribution >= 4 is 45.7 Å². The molecule has 1 aromatic heterocycles. The molecule has 0 aliphatic carbocycles. The highest BCUT2D eigenvalue weighted by Crippen LogP contribution is 2.34. The molecule has 0 N–H and O–H groups in total. The van der Waals surface area contributed by atoms with Gasteiger partial charge in [-0.2, -0.15) is 4.98 Å². The van der Waals surface area contributed by atoms with Crippen molar-refractivity contribution in [3.8, 4) is 11.6 Å². The van der Waals surface area contributed by atoms with Gasteiger partial charge in [0, 0.05) is 21.9 Å². The topological polar surface area (TPSA) is 35.0 Å². The highest BCUT2D eigenvalue weighted by atomic mass is 35.5. The summed E-state index contributed by atoms with van der Waals surface area (Å²) in [6.07, 6.45) is 1.88. The van der Waals surface area contributed by atoms with Crippen LogP contribution in [0.5, 0.6) is 11.6 Å². The van der Waals surface area contributed by atoms with Gasteiger partial charge in [-0.05, 0) is 18.4 Å². The molecule has 0 amide bonds. The standard InChI is InChI=1S/C15H10Cl2N2OS/c1-21-15-18-13(17)8-14(19-15)20-12-7-6-11(16)9-4-2-3-5-10(9)12/h2-8H,1H3. The molecule has 106 valence electrons. The minimum Gasteiger partial charge on any atom is -0.438 e. The van der Waals surface area contributed by atoms with Gasteiger partial charge in [0.2, 0.25) is 5.88 Å². The number of hydrogen-bond acceptors (Lipinski definition) is 4. The van der Waals surface area contributed by atoms with Crippen LogP contribution in [0.3, 0.4) is 0 Å². The van der Waals surface area contributed by atoms with E-state index in [-0.39, 0.29) is 0 Å². The number of rotatable bonds is 3. The van der Waals surface area contributed by atoms with Crippen molar-refractivity contribution < 1.29 is 4.74 Å². The molecule has 0 bridgehead atoms. The van der Waals surface area contributed by atoms with Gasteiger partial charge in [-0.1, -0.05) is 59.2 Å². The Morgan fingerprint density at radius 3 is 2.52 bits per heavy atom. The van der Waals surface area contributed by atoms with E-state index in [0.717, 1.165) is 10.8 Å². The molecule has 0 unspecified atom stereocenters. The molecule has 0 aliphatic heterocycles. The van der Waals surface area contributed by atoms with Crippen LogP contribution in [-0.2, 0) is 0 Å². The number of thioether (sulfide) groups is 1. The van der Waals surface area contributed by atoms with E-state index in [1.54, 1.807) is 12.1 Å². The molecule has 0 fully saturated rings. The van der Waals surface area contributed by atoms with Crippen LogP contribution >= 0.6 is 35.0 Å². The van der Waals surface area contributed by atoms with Crippen molar-refractivity contribution in [2.24, 2.45) is 0 Å². The van der Waals surface area contributed by atoms with Gasteiger partial charge in [-0.25, -0.2) is 4.98 Å². The van der Waals surface area contributed by atoms with Gasteiger partial charge >= 0.3 is 0 Å². The number of halogens is 2. The van der Waals surface area contributed by atoms with Crippen molar-refractivity contribution in [2.75, 3.05) is 6.26 Å². The van der Waals surface area contributed by atoms with Crippen LogP contribution in [0.15, 0.2) is 47.6 Å². The number of fused-ring (bicyclic) bond motifs is 1. The van der Waals surface area contributed by atoms with Crippen molar-refractivity contribution in [1.82, 2.24) is 9.97 Å². The van der Waals surface area contributed by atoms with Gasteiger partial charge in [0.15, 0.2) is 5.16 Å². The molecule has 2 aromatic carbocycles. The van der Waals surface area contributed by atoms with Crippen LogP contribution in [0.1, 0.15) is 0 Å². The Hall–Kier alpha value is -1.49. The SMILES string of the molecule is CSc1nc(Cl)cc(Oc2ccc(Cl)c3ccccc23)n1. The van der Waals surface area contributed by atoms with Gasteiger partial charge < -0.3 is 4.74 Å². The van der Waals surface area contributed by atoms with E-state index in [1.165, 1.54) is 11.8 Å². The normalized spacial score (nSPS) is 10.8. The van der Waals surface area contributed by atoms with E-state index in [2.05, 4.69) is 9.97 Å². The number of benzene rings is 2. The largest absolute Gasteiger partial charge is 0.438 e. The molecule has 3 nitrogen and oxygen atoms in total. The second kappa shape index (κ2) is 6.10. The number of nitrogens with zero attached hydrogens (tertiary/aromatic N) is 2. The minimum atomic E-state index is 0.350. The molecule has 0 aliphatic rings. The molecule has 0 saturated carbocycles. The highest BCUT2D eigenvalue weighted by Gasteiger charge is 2.09. The zero-order valence-corrected chi connectivity index (χ0v) is 13.3. The maximum absolute atomic E-state index is 6.20. The van der Waals surface area contributed by atoms with Crippen molar-refractivity contribution in [2.45, 2.75) is 5.16 Å². The summed E-state index contributed by atoms with van der Waals surface area (Å²) in [5.41, 5.74) is 0. The first-order chi connectivity index (χ1) is 10.2. The van der Waals surface area contributed by atoms with Gasteiger partial charge in [0.05, 0.1) is 0 Å². The summed E-state index contributed by atoms with van der Waals surface area (Å²) in [7, 11) is 0. The molecule has 3 aromatic rings. The number of aromatic nitrogens is 2. The molecular formula is C15H10Cl2N2OS. The minimum absolute atomic E-state index is 0.350. The zero-order valence-electron chi connectivity index (χ0n) is 11.0. The molecule has 6 heteroatoms. The van der Waals surface area contributed by atoms with Crippen LogP contribution in [0.2, 0.25) is 10.2 Å².